The predicted octanol–water partition coefficient (Wildman–Crippen LogP) is 3.20. The average molecular weight is 292 g/mol. The van der Waals surface area contributed by atoms with Crippen molar-refractivity contribution in [1.29, 1.82) is 5.26 Å². The summed E-state index contributed by atoms with van der Waals surface area (Å²) < 4.78 is 6.10. The van der Waals surface area contributed by atoms with E-state index in [2.05, 4.69) is 32.1 Å². The lowest BCUT2D eigenvalue weighted by Crippen LogP contribution is -1.96. The lowest BCUT2D eigenvalue weighted by atomic mass is 10.1. The van der Waals surface area contributed by atoms with Crippen LogP contribution in [0.25, 0.3) is 11.4 Å². The van der Waals surface area contributed by atoms with Gasteiger partial charge in [0.25, 0.3) is 0 Å². The van der Waals surface area contributed by atoms with Crippen LogP contribution in [0.5, 0.6) is 0 Å². The molecule has 1 aromatic carbocycles. The monoisotopic (exact) mass is 291 g/mol. The lowest BCUT2D eigenvalue weighted by Gasteiger charge is -1.94. The molecule has 2 aromatic rings. The summed E-state index contributed by atoms with van der Waals surface area (Å²) in [6.45, 7) is 1.82. The summed E-state index contributed by atoms with van der Waals surface area (Å²) in [5.74, 6) is 0.933. The van der Waals surface area contributed by atoms with Gasteiger partial charge in [-0.2, -0.15) is 10.2 Å². The van der Waals surface area contributed by atoms with E-state index in [1.807, 2.05) is 31.2 Å². The standard InChI is InChI=1S/C12H10BrN3O/c1-8(7-14)6-11-15-12(16-17-11)9-2-4-10(13)5-3-9/h2-5,8H,6H2,1H3. The average Bonchev–Trinajstić information content (AvgIpc) is 2.78. The maximum Gasteiger partial charge on any atom is 0.228 e. The minimum atomic E-state index is -0.117. The van der Waals surface area contributed by atoms with Crippen molar-refractivity contribution in [3.05, 3.63) is 34.6 Å². The molecule has 2 rings (SSSR count). The van der Waals surface area contributed by atoms with Crippen molar-refractivity contribution in [2.45, 2.75) is 13.3 Å². The first-order chi connectivity index (χ1) is 8.19. The number of rotatable bonds is 3. The van der Waals surface area contributed by atoms with E-state index in [9.17, 15) is 0 Å². The zero-order valence-electron chi connectivity index (χ0n) is 9.22. The van der Waals surface area contributed by atoms with Gasteiger partial charge in [0.15, 0.2) is 0 Å². The van der Waals surface area contributed by atoms with Gasteiger partial charge in [-0.05, 0) is 31.2 Å². The fourth-order valence-corrected chi connectivity index (χ4v) is 1.63. The predicted molar refractivity (Wildman–Crippen MR) is 65.9 cm³/mol. The van der Waals surface area contributed by atoms with Gasteiger partial charge in [0.2, 0.25) is 11.7 Å². The van der Waals surface area contributed by atoms with Crippen molar-refractivity contribution in [2.24, 2.45) is 5.92 Å². The first-order valence-electron chi connectivity index (χ1n) is 5.17. The Morgan fingerprint density at radius 2 is 2.12 bits per heavy atom. The van der Waals surface area contributed by atoms with Gasteiger partial charge in [0.05, 0.1) is 12.0 Å². The number of benzene rings is 1. The van der Waals surface area contributed by atoms with E-state index in [0.29, 0.717) is 18.1 Å². The SMILES string of the molecule is CC(C#N)Cc1nc(-c2ccc(Br)cc2)no1. The largest absolute Gasteiger partial charge is 0.339 e. The van der Waals surface area contributed by atoms with Crippen molar-refractivity contribution < 1.29 is 4.52 Å². The summed E-state index contributed by atoms with van der Waals surface area (Å²) in [5, 5.41) is 12.6. The summed E-state index contributed by atoms with van der Waals surface area (Å²) in [6.07, 6.45) is 0.486. The molecule has 86 valence electrons. The third-order valence-electron chi connectivity index (χ3n) is 2.27. The Hall–Kier alpha value is -1.67. The third kappa shape index (κ3) is 2.92. The first kappa shape index (κ1) is 11.8. The van der Waals surface area contributed by atoms with Gasteiger partial charge in [-0.1, -0.05) is 21.1 Å². The molecule has 5 heteroatoms. The highest BCUT2D eigenvalue weighted by Crippen LogP contribution is 2.19. The van der Waals surface area contributed by atoms with Crippen molar-refractivity contribution in [1.82, 2.24) is 10.1 Å². The van der Waals surface area contributed by atoms with Crippen LogP contribution >= 0.6 is 15.9 Å². The topological polar surface area (TPSA) is 62.7 Å². The maximum absolute atomic E-state index is 8.71. The normalized spacial score (nSPS) is 12.1. The van der Waals surface area contributed by atoms with E-state index in [-0.39, 0.29) is 5.92 Å². The van der Waals surface area contributed by atoms with E-state index in [1.54, 1.807) is 0 Å². The molecule has 0 saturated carbocycles. The Bertz CT molecular complexity index is 542. The molecule has 0 aliphatic carbocycles. The Kier molecular flexibility index (Phi) is 3.55. The van der Waals surface area contributed by atoms with Crippen LogP contribution in [0, 0.1) is 17.2 Å². The molecular weight excluding hydrogens is 282 g/mol. The molecule has 0 aliphatic rings. The van der Waals surface area contributed by atoms with E-state index in [4.69, 9.17) is 9.78 Å². The molecule has 17 heavy (non-hydrogen) atoms. The second kappa shape index (κ2) is 5.11. The Morgan fingerprint density at radius 3 is 2.76 bits per heavy atom. The molecule has 1 atom stereocenters. The third-order valence-corrected chi connectivity index (χ3v) is 2.80. The minimum Gasteiger partial charge on any atom is -0.339 e. The zero-order chi connectivity index (χ0) is 12.3. The molecular formula is C12H10BrN3O. The van der Waals surface area contributed by atoms with Crippen molar-refractivity contribution in [3.8, 4) is 17.5 Å². The molecule has 0 N–H and O–H groups in total. The zero-order valence-corrected chi connectivity index (χ0v) is 10.8. The highest BCUT2D eigenvalue weighted by molar-refractivity contribution is 9.10. The lowest BCUT2D eigenvalue weighted by molar-refractivity contribution is 0.369. The molecule has 0 amide bonds. The molecule has 0 bridgehead atoms. The molecule has 1 aromatic heterocycles. The van der Waals surface area contributed by atoms with Crippen LogP contribution in [-0.2, 0) is 6.42 Å². The van der Waals surface area contributed by atoms with Gasteiger partial charge in [-0.25, -0.2) is 0 Å². The Morgan fingerprint density at radius 1 is 1.41 bits per heavy atom. The Balaban J connectivity index is 2.18. The van der Waals surface area contributed by atoms with Gasteiger partial charge in [0.1, 0.15) is 0 Å². The first-order valence-corrected chi connectivity index (χ1v) is 5.96. The van der Waals surface area contributed by atoms with Gasteiger partial charge in [-0.15, -0.1) is 0 Å². The van der Waals surface area contributed by atoms with Crippen LogP contribution in [0.1, 0.15) is 12.8 Å². The minimum absolute atomic E-state index is 0.117. The van der Waals surface area contributed by atoms with Crippen LogP contribution in [0.3, 0.4) is 0 Å². The van der Waals surface area contributed by atoms with Gasteiger partial charge >= 0.3 is 0 Å². The van der Waals surface area contributed by atoms with Crippen molar-refractivity contribution in [3.63, 3.8) is 0 Å². The van der Waals surface area contributed by atoms with E-state index in [1.165, 1.54) is 0 Å². The maximum atomic E-state index is 8.71. The number of hydrogen-bond donors (Lipinski definition) is 0. The van der Waals surface area contributed by atoms with Crippen LogP contribution in [0.2, 0.25) is 0 Å². The second-order valence-corrected chi connectivity index (χ2v) is 4.67. The van der Waals surface area contributed by atoms with Crippen LogP contribution < -0.4 is 0 Å². The van der Waals surface area contributed by atoms with Gasteiger partial charge in [-0.3, -0.25) is 0 Å². The molecule has 4 nitrogen and oxygen atoms in total. The number of nitriles is 1. The van der Waals surface area contributed by atoms with E-state index in [0.717, 1.165) is 10.0 Å². The van der Waals surface area contributed by atoms with Crippen LogP contribution in [-0.4, -0.2) is 10.1 Å². The number of nitrogens with zero attached hydrogens (tertiary/aromatic N) is 3. The molecule has 0 saturated heterocycles. The fourth-order valence-electron chi connectivity index (χ4n) is 1.36. The van der Waals surface area contributed by atoms with E-state index < -0.39 is 0 Å². The number of aromatic nitrogens is 2. The smallest absolute Gasteiger partial charge is 0.228 e. The van der Waals surface area contributed by atoms with Crippen LogP contribution in [0.4, 0.5) is 0 Å². The number of hydrogen-bond acceptors (Lipinski definition) is 4. The Labute approximate surface area is 107 Å². The molecule has 1 unspecified atom stereocenters. The summed E-state index contributed by atoms with van der Waals surface area (Å²) >= 11 is 3.36. The molecule has 0 fully saturated rings. The summed E-state index contributed by atoms with van der Waals surface area (Å²) in [4.78, 5) is 4.25. The molecule has 0 radical (unpaired) electrons. The molecule has 0 aliphatic heterocycles. The highest BCUT2D eigenvalue weighted by Gasteiger charge is 2.11. The molecule has 1 heterocycles. The number of halogens is 1. The van der Waals surface area contributed by atoms with Gasteiger partial charge < -0.3 is 4.52 Å². The molecule has 0 spiro atoms. The highest BCUT2D eigenvalue weighted by atomic mass is 79.9. The second-order valence-electron chi connectivity index (χ2n) is 3.75. The fraction of sp³-hybridized carbons (Fsp3) is 0.250. The van der Waals surface area contributed by atoms with Gasteiger partial charge in [0, 0.05) is 16.5 Å². The van der Waals surface area contributed by atoms with Crippen molar-refractivity contribution in [2.75, 3.05) is 0 Å². The summed E-state index contributed by atoms with van der Waals surface area (Å²) in [7, 11) is 0. The van der Waals surface area contributed by atoms with E-state index >= 15 is 0 Å². The quantitative estimate of drug-likeness (QED) is 0.871. The van der Waals surface area contributed by atoms with Crippen molar-refractivity contribution >= 4 is 15.9 Å². The summed E-state index contributed by atoms with van der Waals surface area (Å²) in [5.41, 5.74) is 0.896. The van der Waals surface area contributed by atoms with Crippen LogP contribution in [0.15, 0.2) is 33.3 Å². The summed E-state index contributed by atoms with van der Waals surface area (Å²) in [6, 6.07) is 9.79.